The zero-order valence-corrected chi connectivity index (χ0v) is 25.3. The largest absolute Gasteiger partial charge is 0.508 e. The zero-order valence-electron chi connectivity index (χ0n) is 25.3. The van der Waals surface area contributed by atoms with E-state index in [-0.39, 0.29) is 66.7 Å². The summed E-state index contributed by atoms with van der Waals surface area (Å²) in [5.74, 6) is -0.925. The Kier molecular flexibility index (Phi) is 11.0. The van der Waals surface area contributed by atoms with Crippen LogP contribution in [0.25, 0.3) is 0 Å². The summed E-state index contributed by atoms with van der Waals surface area (Å²) < 4.78 is 33.1. The number of aldehydes is 1. The van der Waals surface area contributed by atoms with Crippen LogP contribution in [-0.2, 0) is 38.9 Å². The molecule has 0 saturated carbocycles. The van der Waals surface area contributed by atoms with Gasteiger partial charge in [-0.1, -0.05) is 0 Å². The van der Waals surface area contributed by atoms with Gasteiger partial charge in [0.15, 0.2) is 5.60 Å². The molecule has 0 unspecified atom stereocenters. The molecule has 3 aromatic rings. The van der Waals surface area contributed by atoms with Crippen LogP contribution in [0.3, 0.4) is 0 Å². The second-order valence-electron chi connectivity index (χ2n) is 10.4. The monoisotopic (exact) mass is 650 g/mol. The van der Waals surface area contributed by atoms with Gasteiger partial charge in [0.05, 0.1) is 45.2 Å². The second-order valence-corrected chi connectivity index (χ2v) is 10.4. The molecule has 14 heteroatoms. The molecule has 47 heavy (non-hydrogen) atoms. The SMILES string of the molecule is O=CCOCC(=O)NCCOCCOCCOCCNC(=O)c1ccc2c(c1)C1(OC2=O)c2ccc(O)cc2Oc2cc(O)ccc21. The van der Waals surface area contributed by atoms with Crippen molar-refractivity contribution in [3.63, 3.8) is 0 Å². The Morgan fingerprint density at radius 2 is 1.34 bits per heavy atom. The second kappa shape index (κ2) is 15.5. The third kappa shape index (κ3) is 7.69. The number of hydrogen-bond acceptors (Lipinski definition) is 12. The Hall–Kier alpha value is -5.02. The van der Waals surface area contributed by atoms with Crippen LogP contribution >= 0.6 is 0 Å². The normalized spacial score (nSPS) is 13.6. The third-order valence-corrected chi connectivity index (χ3v) is 7.30. The number of benzene rings is 3. The fraction of sp³-hybridized carbons (Fsp3) is 0.333. The number of esters is 1. The van der Waals surface area contributed by atoms with E-state index in [1.165, 1.54) is 30.3 Å². The van der Waals surface area contributed by atoms with Gasteiger partial charge in [-0.3, -0.25) is 9.59 Å². The summed E-state index contributed by atoms with van der Waals surface area (Å²) >= 11 is 0. The molecule has 2 amide bonds. The predicted molar refractivity (Wildman–Crippen MR) is 163 cm³/mol. The molecule has 0 bridgehead atoms. The molecular formula is C33H34N2O12. The van der Waals surface area contributed by atoms with E-state index in [1.54, 1.807) is 24.3 Å². The minimum absolute atomic E-state index is 0.0570. The van der Waals surface area contributed by atoms with E-state index in [1.807, 2.05) is 0 Å². The van der Waals surface area contributed by atoms with Gasteiger partial charge in [0.25, 0.3) is 5.91 Å². The van der Waals surface area contributed by atoms with Gasteiger partial charge in [-0.25, -0.2) is 4.79 Å². The molecule has 14 nitrogen and oxygen atoms in total. The van der Waals surface area contributed by atoms with Gasteiger partial charge in [-0.2, -0.15) is 0 Å². The maximum absolute atomic E-state index is 13.1. The molecule has 0 aliphatic carbocycles. The molecule has 0 atom stereocenters. The van der Waals surface area contributed by atoms with Crippen molar-refractivity contribution in [1.82, 2.24) is 10.6 Å². The highest BCUT2D eigenvalue weighted by molar-refractivity contribution is 6.00. The van der Waals surface area contributed by atoms with E-state index in [4.69, 9.17) is 28.4 Å². The maximum Gasteiger partial charge on any atom is 0.340 e. The molecule has 0 radical (unpaired) electrons. The number of fused-ring (bicyclic) bond motifs is 6. The lowest BCUT2D eigenvalue weighted by atomic mass is 9.77. The number of nitrogens with one attached hydrogen (secondary N) is 2. The van der Waals surface area contributed by atoms with Gasteiger partial charge < -0.3 is 54.1 Å². The minimum Gasteiger partial charge on any atom is -0.508 e. The number of phenols is 2. The number of amides is 2. The first-order valence-corrected chi connectivity index (χ1v) is 14.9. The quantitative estimate of drug-likeness (QED) is 0.0944. The molecule has 4 N–H and O–H groups in total. The molecule has 0 saturated heterocycles. The molecule has 2 aliphatic heterocycles. The summed E-state index contributed by atoms with van der Waals surface area (Å²) in [4.78, 5) is 47.8. The highest BCUT2D eigenvalue weighted by Gasteiger charge is 2.53. The van der Waals surface area contributed by atoms with Gasteiger partial charge in [-0.05, 0) is 42.5 Å². The van der Waals surface area contributed by atoms with Crippen LogP contribution in [0, 0.1) is 0 Å². The summed E-state index contributed by atoms with van der Waals surface area (Å²) in [5, 5.41) is 25.6. The van der Waals surface area contributed by atoms with Crippen molar-refractivity contribution < 1.29 is 57.8 Å². The van der Waals surface area contributed by atoms with E-state index >= 15 is 0 Å². The van der Waals surface area contributed by atoms with Gasteiger partial charge >= 0.3 is 5.97 Å². The van der Waals surface area contributed by atoms with Crippen LogP contribution < -0.4 is 15.4 Å². The summed E-state index contributed by atoms with van der Waals surface area (Å²) in [6, 6.07) is 13.6. The Labute approximate surface area is 269 Å². The van der Waals surface area contributed by atoms with E-state index in [0.717, 1.165) is 0 Å². The number of carbonyl (C=O) groups excluding carboxylic acids is 4. The fourth-order valence-electron chi connectivity index (χ4n) is 5.23. The molecule has 248 valence electrons. The zero-order chi connectivity index (χ0) is 33.2. The van der Waals surface area contributed by atoms with Crippen molar-refractivity contribution in [2.75, 3.05) is 65.9 Å². The fourth-order valence-corrected chi connectivity index (χ4v) is 5.23. The first-order chi connectivity index (χ1) is 22.8. The van der Waals surface area contributed by atoms with Crippen LogP contribution in [0.2, 0.25) is 0 Å². The Morgan fingerprint density at radius 3 is 1.96 bits per heavy atom. The van der Waals surface area contributed by atoms with Crippen molar-refractivity contribution in [2.45, 2.75) is 5.60 Å². The van der Waals surface area contributed by atoms with Gasteiger partial charge in [0, 0.05) is 47.5 Å². The maximum atomic E-state index is 13.1. The minimum atomic E-state index is -1.47. The van der Waals surface area contributed by atoms with Crippen molar-refractivity contribution >= 4 is 24.1 Å². The molecule has 0 aromatic heterocycles. The topological polar surface area (TPSA) is 188 Å². The lowest BCUT2D eigenvalue weighted by Gasteiger charge is -2.36. The number of phenolic OH excluding ortho intramolecular Hbond substituents is 2. The number of aromatic hydroxyl groups is 2. The number of hydrogen-bond donors (Lipinski definition) is 4. The number of carbonyl (C=O) groups is 4. The molecule has 5 rings (SSSR count). The summed E-state index contributed by atoms with van der Waals surface area (Å²) in [6.07, 6.45) is 0.572. The smallest absolute Gasteiger partial charge is 0.340 e. The molecule has 0 fully saturated rings. The lowest BCUT2D eigenvalue weighted by molar-refractivity contribution is -0.127. The van der Waals surface area contributed by atoms with Crippen LogP contribution in [0.5, 0.6) is 23.0 Å². The highest BCUT2D eigenvalue weighted by Crippen LogP contribution is 2.57. The Balaban J connectivity index is 1.08. The lowest BCUT2D eigenvalue weighted by Crippen LogP contribution is -2.33. The van der Waals surface area contributed by atoms with E-state index in [9.17, 15) is 29.4 Å². The Morgan fingerprint density at radius 1 is 0.745 bits per heavy atom. The number of ether oxygens (including phenoxy) is 6. The number of rotatable bonds is 17. The van der Waals surface area contributed by atoms with Gasteiger partial charge in [0.1, 0.15) is 42.5 Å². The van der Waals surface area contributed by atoms with Gasteiger partial charge in [0.2, 0.25) is 5.91 Å². The van der Waals surface area contributed by atoms with E-state index in [0.29, 0.717) is 68.1 Å². The molecule has 2 heterocycles. The van der Waals surface area contributed by atoms with Crippen molar-refractivity contribution in [3.8, 4) is 23.0 Å². The predicted octanol–water partition coefficient (Wildman–Crippen LogP) is 1.78. The average molecular weight is 651 g/mol. The average Bonchev–Trinajstić information content (AvgIpc) is 3.34. The Bertz CT molecular complexity index is 1570. The van der Waals surface area contributed by atoms with E-state index in [2.05, 4.69) is 10.6 Å². The van der Waals surface area contributed by atoms with Crippen LogP contribution in [0.4, 0.5) is 0 Å². The van der Waals surface area contributed by atoms with E-state index < -0.39 is 11.6 Å². The first kappa shape index (κ1) is 33.3. The summed E-state index contributed by atoms with van der Waals surface area (Å²) in [5.41, 5.74) is 0.457. The van der Waals surface area contributed by atoms with Crippen molar-refractivity contribution in [1.29, 1.82) is 0 Å². The third-order valence-electron chi connectivity index (χ3n) is 7.30. The standard InChI is InChI=1S/C33H34N2O12/c36-9-12-45-20-30(39)34-7-10-42-13-15-44-16-14-43-11-8-35-31(40)21-1-4-24-27(17-21)33(47-32(24)41)25-5-2-22(37)18-28(25)46-29-19-23(38)3-6-26(29)33/h1-6,9,17-19,37-38H,7-8,10-16,20H2,(H,34,39)(H,35,40). The molecule has 3 aromatic carbocycles. The van der Waals surface area contributed by atoms with Crippen LogP contribution in [0.1, 0.15) is 37.4 Å². The van der Waals surface area contributed by atoms with Crippen molar-refractivity contribution in [2.24, 2.45) is 0 Å². The molecule has 2 aliphatic rings. The van der Waals surface area contributed by atoms with Crippen LogP contribution in [0.15, 0.2) is 54.6 Å². The molecular weight excluding hydrogens is 616 g/mol. The first-order valence-electron chi connectivity index (χ1n) is 14.9. The van der Waals surface area contributed by atoms with Crippen molar-refractivity contribution in [3.05, 3.63) is 82.4 Å². The highest BCUT2D eigenvalue weighted by atomic mass is 16.6. The summed E-state index contributed by atoms with van der Waals surface area (Å²) in [7, 11) is 0. The summed E-state index contributed by atoms with van der Waals surface area (Å²) in [6.45, 7) is 2.08. The molecule has 1 spiro atoms. The van der Waals surface area contributed by atoms with Crippen LogP contribution in [-0.4, -0.2) is 100 Å². The van der Waals surface area contributed by atoms with Gasteiger partial charge in [-0.15, -0.1) is 0 Å².